The zero-order valence-corrected chi connectivity index (χ0v) is 16.2. The van der Waals surface area contributed by atoms with Crippen molar-refractivity contribution in [2.75, 3.05) is 13.1 Å². The Morgan fingerprint density at radius 2 is 2.14 bits per heavy atom. The van der Waals surface area contributed by atoms with Crippen molar-refractivity contribution >= 4 is 5.91 Å². The molecular formula is C21H22N6O2. The average molecular weight is 390 g/mol. The minimum atomic E-state index is -0.274. The van der Waals surface area contributed by atoms with Gasteiger partial charge in [0, 0.05) is 42.0 Å². The highest BCUT2D eigenvalue weighted by molar-refractivity contribution is 5.92. The molecule has 1 amide bonds. The molecule has 3 aromatic rings. The van der Waals surface area contributed by atoms with E-state index in [1.807, 2.05) is 24.0 Å². The Balaban J connectivity index is 1.52. The van der Waals surface area contributed by atoms with Crippen LogP contribution >= 0.6 is 0 Å². The molecule has 2 N–H and O–H groups in total. The lowest BCUT2D eigenvalue weighted by Gasteiger charge is -2.40. The smallest absolute Gasteiger partial charge is 0.271 e. The number of nitrogens with one attached hydrogen (secondary N) is 2. The van der Waals surface area contributed by atoms with Crippen LogP contribution in [0.25, 0.3) is 11.4 Å². The molecule has 1 spiro atoms. The Bertz CT molecular complexity index is 1140. The van der Waals surface area contributed by atoms with E-state index in [0.717, 1.165) is 41.9 Å². The number of fused-ring (bicyclic) bond motifs is 2. The van der Waals surface area contributed by atoms with Gasteiger partial charge in [0.2, 0.25) is 0 Å². The van der Waals surface area contributed by atoms with Gasteiger partial charge in [0.1, 0.15) is 17.3 Å². The monoisotopic (exact) mass is 390 g/mol. The van der Waals surface area contributed by atoms with Gasteiger partial charge in [-0.25, -0.2) is 9.97 Å². The molecular weight excluding hydrogens is 368 g/mol. The molecule has 1 aliphatic heterocycles. The number of likely N-dealkylation sites (tertiary alicyclic amines) is 1. The zero-order valence-electron chi connectivity index (χ0n) is 16.2. The van der Waals surface area contributed by atoms with Crippen molar-refractivity contribution in [1.82, 2.24) is 29.8 Å². The molecule has 1 unspecified atom stereocenters. The van der Waals surface area contributed by atoms with E-state index in [9.17, 15) is 9.59 Å². The van der Waals surface area contributed by atoms with Gasteiger partial charge in [0.05, 0.1) is 11.9 Å². The number of carbonyl (C=O) groups is 1. The van der Waals surface area contributed by atoms with Gasteiger partial charge in [-0.1, -0.05) is 0 Å². The van der Waals surface area contributed by atoms with Crippen LogP contribution in [0.4, 0.5) is 0 Å². The molecule has 5 rings (SSSR count). The molecule has 0 aromatic carbocycles. The van der Waals surface area contributed by atoms with Crippen LogP contribution in [-0.4, -0.2) is 48.8 Å². The van der Waals surface area contributed by atoms with Crippen LogP contribution in [0.1, 0.15) is 46.8 Å². The third-order valence-corrected chi connectivity index (χ3v) is 6.10. The van der Waals surface area contributed by atoms with Crippen molar-refractivity contribution in [3.8, 4) is 11.4 Å². The summed E-state index contributed by atoms with van der Waals surface area (Å²) >= 11 is 0. The summed E-state index contributed by atoms with van der Waals surface area (Å²) in [6, 6.07) is 3.71. The Kier molecular flexibility index (Phi) is 4.08. The van der Waals surface area contributed by atoms with E-state index in [2.05, 4.69) is 19.9 Å². The number of aryl methyl sites for hydroxylation is 1. The van der Waals surface area contributed by atoms with Gasteiger partial charge in [0.25, 0.3) is 11.5 Å². The van der Waals surface area contributed by atoms with Gasteiger partial charge in [-0.3, -0.25) is 14.6 Å². The van der Waals surface area contributed by atoms with E-state index in [1.54, 1.807) is 18.6 Å². The second kappa shape index (κ2) is 6.65. The lowest BCUT2D eigenvalue weighted by molar-refractivity contribution is 0.0628. The quantitative estimate of drug-likeness (QED) is 0.696. The molecule has 1 aliphatic carbocycles. The molecule has 148 valence electrons. The summed E-state index contributed by atoms with van der Waals surface area (Å²) < 4.78 is 0. The molecule has 1 fully saturated rings. The highest BCUT2D eigenvalue weighted by Gasteiger charge is 2.46. The summed E-state index contributed by atoms with van der Waals surface area (Å²) in [5.74, 6) is 1.21. The van der Waals surface area contributed by atoms with Crippen molar-refractivity contribution in [1.29, 1.82) is 0 Å². The number of piperidine rings is 1. The molecule has 8 heteroatoms. The van der Waals surface area contributed by atoms with Crippen LogP contribution < -0.4 is 5.56 Å². The van der Waals surface area contributed by atoms with E-state index in [-0.39, 0.29) is 16.9 Å². The molecule has 8 nitrogen and oxygen atoms in total. The number of hydrogen-bond acceptors (Lipinski definition) is 5. The van der Waals surface area contributed by atoms with Crippen LogP contribution in [-0.2, 0) is 11.8 Å². The first-order chi connectivity index (χ1) is 14.1. The first kappa shape index (κ1) is 17.8. The van der Waals surface area contributed by atoms with Gasteiger partial charge >= 0.3 is 0 Å². The van der Waals surface area contributed by atoms with Gasteiger partial charge in [0.15, 0.2) is 0 Å². The van der Waals surface area contributed by atoms with E-state index in [1.165, 1.54) is 0 Å². The summed E-state index contributed by atoms with van der Waals surface area (Å²) in [6.07, 6.45) is 8.31. The number of imidazole rings is 1. The first-order valence-corrected chi connectivity index (χ1v) is 9.91. The molecule has 1 saturated heterocycles. The van der Waals surface area contributed by atoms with Crippen molar-refractivity contribution in [3.63, 3.8) is 0 Å². The van der Waals surface area contributed by atoms with Crippen molar-refractivity contribution < 1.29 is 4.79 Å². The standard InChI is InChI=1S/C21H22N6O2/c1-13-23-11-16(24-13)20(29)27-9-3-6-21(12-27)7-5-15-17(21)25-18(26-19(15)28)14-4-2-8-22-10-14/h2,4,8,10-11H,3,5-7,9,12H2,1H3,(H,23,24)(H,25,26,28). The molecule has 4 heterocycles. The number of hydrogen-bond donors (Lipinski definition) is 2. The maximum Gasteiger partial charge on any atom is 0.271 e. The van der Waals surface area contributed by atoms with Gasteiger partial charge in [-0.05, 0) is 44.7 Å². The lowest BCUT2D eigenvalue weighted by Crippen LogP contribution is -2.48. The Hall–Kier alpha value is -3.29. The van der Waals surface area contributed by atoms with Crippen molar-refractivity contribution in [3.05, 3.63) is 63.9 Å². The van der Waals surface area contributed by atoms with Gasteiger partial charge < -0.3 is 14.9 Å². The molecule has 2 aliphatic rings. The van der Waals surface area contributed by atoms with Gasteiger partial charge in [-0.15, -0.1) is 0 Å². The second-order valence-electron chi connectivity index (χ2n) is 7.98. The predicted octanol–water partition coefficient (Wildman–Crippen LogP) is 1.98. The second-order valence-corrected chi connectivity index (χ2v) is 7.98. The SMILES string of the molecule is Cc1ncc(C(=O)N2CCCC3(CCc4c3nc(-c3cccnc3)[nH]c4=O)C2)[nH]1. The van der Waals surface area contributed by atoms with Crippen LogP contribution in [0, 0.1) is 6.92 Å². The van der Waals surface area contributed by atoms with Gasteiger partial charge in [-0.2, -0.15) is 0 Å². The number of amides is 1. The number of carbonyl (C=O) groups excluding carboxylic acids is 1. The molecule has 29 heavy (non-hydrogen) atoms. The summed E-state index contributed by atoms with van der Waals surface area (Å²) in [7, 11) is 0. The molecule has 0 bridgehead atoms. The highest BCUT2D eigenvalue weighted by Crippen LogP contribution is 2.43. The maximum atomic E-state index is 13.0. The van der Waals surface area contributed by atoms with Crippen LogP contribution in [0.15, 0.2) is 35.5 Å². The molecule has 3 aromatic heterocycles. The summed E-state index contributed by atoms with van der Waals surface area (Å²) in [6.45, 7) is 3.10. The predicted molar refractivity (Wildman–Crippen MR) is 107 cm³/mol. The van der Waals surface area contributed by atoms with E-state index < -0.39 is 0 Å². The van der Waals surface area contributed by atoms with Crippen LogP contribution in [0.5, 0.6) is 0 Å². The minimum Gasteiger partial charge on any atom is -0.338 e. The summed E-state index contributed by atoms with van der Waals surface area (Å²) in [5.41, 5.74) is 2.53. The Morgan fingerprint density at radius 3 is 2.90 bits per heavy atom. The third-order valence-electron chi connectivity index (χ3n) is 6.10. The minimum absolute atomic E-state index is 0.0459. The van der Waals surface area contributed by atoms with Crippen molar-refractivity contribution in [2.45, 2.75) is 38.0 Å². The summed E-state index contributed by atoms with van der Waals surface area (Å²) in [5, 5.41) is 0. The lowest BCUT2D eigenvalue weighted by atomic mass is 9.77. The number of aromatic nitrogens is 5. The number of aromatic amines is 2. The topological polar surface area (TPSA) is 108 Å². The van der Waals surface area contributed by atoms with Crippen molar-refractivity contribution in [2.24, 2.45) is 0 Å². The molecule has 0 saturated carbocycles. The maximum absolute atomic E-state index is 13.0. The normalized spacial score (nSPS) is 20.8. The molecule has 0 radical (unpaired) electrons. The first-order valence-electron chi connectivity index (χ1n) is 9.91. The number of nitrogens with zero attached hydrogens (tertiary/aromatic N) is 4. The average Bonchev–Trinajstić information content (AvgIpc) is 3.33. The fourth-order valence-corrected chi connectivity index (χ4v) is 4.69. The Morgan fingerprint density at radius 1 is 1.24 bits per heavy atom. The van der Waals surface area contributed by atoms with E-state index in [0.29, 0.717) is 31.0 Å². The fraction of sp³-hybridized carbons (Fsp3) is 0.381. The largest absolute Gasteiger partial charge is 0.338 e. The number of H-pyrrole nitrogens is 2. The van der Waals surface area contributed by atoms with Crippen LogP contribution in [0.3, 0.4) is 0 Å². The Labute approximate surface area is 167 Å². The van der Waals surface area contributed by atoms with E-state index in [4.69, 9.17) is 4.98 Å². The zero-order chi connectivity index (χ0) is 20.0. The molecule has 1 atom stereocenters. The highest BCUT2D eigenvalue weighted by atomic mass is 16.2. The number of rotatable bonds is 2. The van der Waals surface area contributed by atoms with E-state index >= 15 is 0 Å². The third kappa shape index (κ3) is 2.95. The number of pyridine rings is 1. The fourth-order valence-electron chi connectivity index (χ4n) is 4.69. The van der Waals surface area contributed by atoms with Crippen LogP contribution in [0.2, 0.25) is 0 Å². The summed E-state index contributed by atoms with van der Waals surface area (Å²) in [4.78, 5) is 46.7.